The Kier molecular flexibility index (Phi) is 6.55. The third-order valence-electron chi connectivity index (χ3n) is 1.45. The molecule has 1 N–H and O–H groups in total. The van der Waals surface area contributed by atoms with Crippen molar-refractivity contribution >= 4 is 0 Å². The molecule has 60 valence electrons. The molecular formula is C8H16O2. The van der Waals surface area contributed by atoms with Crippen LogP contribution in [0.1, 0.15) is 12.8 Å². The molecule has 0 bridgehead atoms. The molecule has 2 nitrogen and oxygen atoms in total. The summed E-state index contributed by atoms with van der Waals surface area (Å²) in [6, 6.07) is 0. The summed E-state index contributed by atoms with van der Waals surface area (Å²) >= 11 is 0. The largest absolute Gasteiger partial charge is 0.396 e. The molecule has 2 heteroatoms. The first-order chi connectivity index (χ1) is 4.85. The second-order valence-corrected chi connectivity index (χ2v) is 2.32. The monoisotopic (exact) mass is 144 g/mol. The van der Waals surface area contributed by atoms with Crippen molar-refractivity contribution in [1.29, 1.82) is 0 Å². The molecule has 10 heavy (non-hydrogen) atoms. The molecule has 0 aliphatic rings. The van der Waals surface area contributed by atoms with Crippen LogP contribution in [0.3, 0.4) is 0 Å². The van der Waals surface area contributed by atoms with E-state index in [1.165, 1.54) is 0 Å². The number of hydrogen-bond donors (Lipinski definition) is 1. The van der Waals surface area contributed by atoms with Crippen molar-refractivity contribution in [3.8, 4) is 0 Å². The van der Waals surface area contributed by atoms with E-state index in [-0.39, 0.29) is 6.61 Å². The number of ether oxygens (including phenoxy) is 1. The molecule has 0 saturated carbocycles. The lowest BCUT2D eigenvalue weighted by atomic mass is 10.1. The van der Waals surface area contributed by atoms with Crippen LogP contribution in [-0.2, 0) is 4.74 Å². The molecule has 0 aromatic rings. The Labute approximate surface area is 62.5 Å². The van der Waals surface area contributed by atoms with Crippen molar-refractivity contribution in [2.45, 2.75) is 12.8 Å². The van der Waals surface area contributed by atoms with Crippen molar-refractivity contribution in [2.24, 2.45) is 5.92 Å². The van der Waals surface area contributed by atoms with Gasteiger partial charge in [0.2, 0.25) is 0 Å². The van der Waals surface area contributed by atoms with Gasteiger partial charge in [-0.2, -0.15) is 0 Å². The topological polar surface area (TPSA) is 29.5 Å². The van der Waals surface area contributed by atoms with E-state index in [1.54, 1.807) is 7.11 Å². The van der Waals surface area contributed by atoms with Gasteiger partial charge in [-0.15, -0.1) is 6.58 Å². The molecule has 0 rings (SSSR count). The Morgan fingerprint density at radius 3 is 2.80 bits per heavy atom. The van der Waals surface area contributed by atoms with Crippen LogP contribution in [0.5, 0.6) is 0 Å². The van der Waals surface area contributed by atoms with Crippen LogP contribution in [-0.4, -0.2) is 25.4 Å². The molecule has 0 aromatic heterocycles. The molecule has 0 amide bonds. The summed E-state index contributed by atoms with van der Waals surface area (Å²) in [4.78, 5) is 0. The lowest BCUT2D eigenvalue weighted by Gasteiger charge is -2.08. The van der Waals surface area contributed by atoms with Crippen molar-refractivity contribution in [3.05, 3.63) is 12.7 Å². The molecule has 1 unspecified atom stereocenters. The van der Waals surface area contributed by atoms with E-state index in [9.17, 15) is 0 Å². The van der Waals surface area contributed by atoms with Crippen LogP contribution in [0, 0.1) is 5.92 Å². The Bertz CT molecular complexity index is 81.3. The molecule has 0 saturated heterocycles. The zero-order chi connectivity index (χ0) is 7.82. The van der Waals surface area contributed by atoms with Crippen LogP contribution < -0.4 is 0 Å². The van der Waals surface area contributed by atoms with Gasteiger partial charge >= 0.3 is 0 Å². The maximum atomic E-state index is 8.50. The molecule has 0 aromatic carbocycles. The number of hydrogen-bond acceptors (Lipinski definition) is 2. The van der Waals surface area contributed by atoms with E-state index in [0.717, 1.165) is 12.8 Å². The summed E-state index contributed by atoms with van der Waals surface area (Å²) in [5.41, 5.74) is 0. The van der Waals surface area contributed by atoms with Crippen LogP contribution in [0.15, 0.2) is 12.7 Å². The molecule has 0 spiro atoms. The summed E-state index contributed by atoms with van der Waals surface area (Å²) in [6.45, 7) is 4.64. The highest BCUT2D eigenvalue weighted by molar-refractivity contribution is 4.78. The van der Waals surface area contributed by atoms with Crippen molar-refractivity contribution in [2.75, 3.05) is 20.3 Å². The quantitative estimate of drug-likeness (QED) is 0.568. The highest BCUT2D eigenvalue weighted by Crippen LogP contribution is 2.06. The maximum absolute atomic E-state index is 8.50. The number of rotatable bonds is 6. The second-order valence-electron chi connectivity index (χ2n) is 2.32. The van der Waals surface area contributed by atoms with E-state index in [0.29, 0.717) is 12.5 Å². The molecule has 0 aliphatic carbocycles. The zero-order valence-electron chi connectivity index (χ0n) is 6.55. The van der Waals surface area contributed by atoms with E-state index >= 15 is 0 Å². The lowest BCUT2D eigenvalue weighted by molar-refractivity contribution is 0.160. The highest BCUT2D eigenvalue weighted by atomic mass is 16.5. The fourth-order valence-corrected chi connectivity index (χ4v) is 0.837. The summed E-state index contributed by atoms with van der Waals surface area (Å²) in [5, 5.41) is 8.50. The molecule has 0 heterocycles. The van der Waals surface area contributed by atoms with E-state index < -0.39 is 0 Å². The minimum Gasteiger partial charge on any atom is -0.396 e. The maximum Gasteiger partial charge on any atom is 0.0524 e. The average Bonchev–Trinajstić information content (AvgIpc) is 1.98. The Hall–Kier alpha value is -0.340. The number of aliphatic hydroxyl groups excluding tert-OH is 1. The summed E-state index contributed by atoms with van der Waals surface area (Å²) in [6.07, 6.45) is 3.67. The van der Waals surface area contributed by atoms with Crippen molar-refractivity contribution in [1.82, 2.24) is 0 Å². The van der Waals surface area contributed by atoms with Crippen LogP contribution in [0.25, 0.3) is 0 Å². The van der Waals surface area contributed by atoms with Crippen LogP contribution in [0.2, 0.25) is 0 Å². The van der Waals surface area contributed by atoms with Gasteiger partial charge in [0.15, 0.2) is 0 Å². The van der Waals surface area contributed by atoms with Crippen molar-refractivity contribution < 1.29 is 9.84 Å². The SMILES string of the molecule is C=CC(CCCO)COC. The number of methoxy groups -OCH3 is 1. The smallest absolute Gasteiger partial charge is 0.0524 e. The normalized spacial score (nSPS) is 13.0. The lowest BCUT2D eigenvalue weighted by Crippen LogP contribution is -2.05. The van der Waals surface area contributed by atoms with Crippen LogP contribution >= 0.6 is 0 Å². The predicted octanol–water partition coefficient (Wildman–Crippen LogP) is 1.21. The van der Waals surface area contributed by atoms with E-state index in [1.807, 2.05) is 6.08 Å². The molecule has 0 radical (unpaired) electrons. The molecular weight excluding hydrogens is 128 g/mol. The van der Waals surface area contributed by atoms with Gasteiger partial charge in [-0.3, -0.25) is 0 Å². The van der Waals surface area contributed by atoms with Gasteiger partial charge in [0, 0.05) is 13.7 Å². The third-order valence-corrected chi connectivity index (χ3v) is 1.45. The van der Waals surface area contributed by atoms with Gasteiger partial charge in [-0.05, 0) is 18.8 Å². The summed E-state index contributed by atoms with van der Waals surface area (Å²) in [5.74, 6) is 0.400. The van der Waals surface area contributed by atoms with E-state index in [4.69, 9.17) is 9.84 Å². The first kappa shape index (κ1) is 9.66. The third kappa shape index (κ3) is 4.53. The van der Waals surface area contributed by atoms with Gasteiger partial charge < -0.3 is 9.84 Å². The van der Waals surface area contributed by atoms with Crippen LogP contribution in [0.4, 0.5) is 0 Å². The van der Waals surface area contributed by atoms with Gasteiger partial charge in [-0.25, -0.2) is 0 Å². The minimum atomic E-state index is 0.258. The summed E-state index contributed by atoms with van der Waals surface area (Å²) in [7, 11) is 1.68. The highest BCUT2D eigenvalue weighted by Gasteiger charge is 2.01. The fourth-order valence-electron chi connectivity index (χ4n) is 0.837. The Balaban J connectivity index is 3.29. The number of aliphatic hydroxyl groups is 1. The van der Waals surface area contributed by atoms with Gasteiger partial charge in [0.05, 0.1) is 6.61 Å². The molecule has 0 fully saturated rings. The standard InChI is InChI=1S/C8H16O2/c1-3-8(7-10-2)5-4-6-9/h3,8-9H,1,4-7H2,2H3. The molecule has 1 atom stereocenters. The van der Waals surface area contributed by atoms with Gasteiger partial charge in [0.1, 0.15) is 0 Å². The minimum absolute atomic E-state index is 0.258. The zero-order valence-corrected chi connectivity index (χ0v) is 6.55. The first-order valence-corrected chi connectivity index (χ1v) is 3.57. The Morgan fingerprint density at radius 2 is 2.40 bits per heavy atom. The van der Waals surface area contributed by atoms with E-state index in [2.05, 4.69) is 6.58 Å². The first-order valence-electron chi connectivity index (χ1n) is 3.57. The average molecular weight is 144 g/mol. The summed E-state index contributed by atoms with van der Waals surface area (Å²) < 4.78 is 4.94. The molecule has 0 aliphatic heterocycles. The second kappa shape index (κ2) is 6.78. The van der Waals surface area contributed by atoms with Crippen molar-refractivity contribution in [3.63, 3.8) is 0 Å². The predicted molar refractivity (Wildman–Crippen MR) is 41.9 cm³/mol. The Morgan fingerprint density at radius 1 is 1.70 bits per heavy atom. The van der Waals surface area contributed by atoms with Gasteiger partial charge in [-0.1, -0.05) is 6.08 Å². The fraction of sp³-hybridized carbons (Fsp3) is 0.750. The van der Waals surface area contributed by atoms with Gasteiger partial charge in [0.25, 0.3) is 0 Å².